The monoisotopic (exact) mass is 105 g/mol. The van der Waals surface area contributed by atoms with Crippen molar-refractivity contribution in [3.05, 3.63) is 0 Å². The summed E-state index contributed by atoms with van der Waals surface area (Å²) in [7, 11) is 0. The standard InChI is InChI=1S/C3H7NO3/c1-2(5)7-3(4)6/h2,5H,1H3,(H2,4,6). The van der Waals surface area contributed by atoms with Crippen LogP contribution in [0.15, 0.2) is 0 Å². The summed E-state index contributed by atoms with van der Waals surface area (Å²) < 4.78 is 3.94. The van der Waals surface area contributed by atoms with Gasteiger partial charge in [0.25, 0.3) is 0 Å². The first-order valence-electron chi connectivity index (χ1n) is 1.77. The van der Waals surface area contributed by atoms with Gasteiger partial charge in [-0.3, -0.25) is 0 Å². The van der Waals surface area contributed by atoms with Crippen molar-refractivity contribution in [3.8, 4) is 0 Å². The molecule has 0 aliphatic carbocycles. The van der Waals surface area contributed by atoms with Gasteiger partial charge in [-0.2, -0.15) is 0 Å². The average Bonchev–Trinajstić information content (AvgIpc) is 1.27. The lowest BCUT2D eigenvalue weighted by Crippen LogP contribution is -2.19. The van der Waals surface area contributed by atoms with Crippen molar-refractivity contribution in [2.75, 3.05) is 0 Å². The third kappa shape index (κ3) is 5.23. The Morgan fingerprint density at radius 2 is 2.43 bits per heavy atom. The minimum atomic E-state index is -1.10. The number of hydrogen-bond donors (Lipinski definition) is 2. The van der Waals surface area contributed by atoms with E-state index in [1.807, 2.05) is 0 Å². The number of aliphatic hydroxyl groups is 1. The highest BCUT2D eigenvalue weighted by Crippen LogP contribution is 1.79. The normalized spacial score (nSPS) is 12.9. The Bertz CT molecular complexity index is 70.6. The highest BCUT2D eigenvalue weighted by molar-refractivity contribution is 5.64. The van der Waals surface area contributed by atoms with E-state index in [9.17, 15) is 4.79 Å². The molecule has 0 aromatic carbocycles. The van der Waals surface area contributed by atoms with Crippen LogP contribution in [0.2, 0.25) is 0 Å². The number of rotatable bonds is 1. The first kappa shape index (κ1) is 6.23. The fourth-order valence-electron chi connectivity index (χ4n) is 0.168. The first-order chi connectivity index (χ1) is 3.13. The van der Waals surface area contributed by atoms with Crippen molar-refractivity contribution in [2.24, 2.45) is 5.73 Å². The summed E-state index contributed by atoms with van der Waals surface area (Å²) in [6.07, 6.45) is -2.06. The SMILES string of the molecule is CC(O)OC(N)=O. The molecule has 4 nitrogen and oxygen atoms in total. The van der Waals surface area contributed by atoms with Gasteiger partial charge < -0.3 is 15.6 Å². The Labute approximate surface area is 40.9 Å². The maximum atomic E-state index is 9.65. The second-order valence-electron chi connectivity index (χ2n) is 1.04. The Hall–Kier alpha value is -0.770. The quantitative estimate of drug-likeness (QED) is 0.438. The van der Waals surface area contributed by atoms with Gasteiger partial charge in [-0.05, 0) is 6.92 Å². The van der Waals surface area contributed by atoms with E-state index < -0.39 is 12.4 Å². The molecule has 0 aliphatic heterocycles. The topological polar surface area (TPSA) is 72.6 Å². The van der Waals surface area contributed by atoms with Crippen LogP contribution in [0.4, 0.5) is 4.79 Å². The molecule has 7 heavy (non-hydrogen) atoms. The molecule has 0 radical (unpaired) electrons. The minimum absolute atomic E-state index is 0.963. The van der Waals surface area contributed by atoms with Crippen LogP contribution in [0.25, 0.3) is 0 Å². The molecule has 3 N–H and O–H groups in total. The van der Waals surface area contributed by atoms with Crippen LogP contribution < -0.4 is 5.73 Å². The molecule has 0 spiro atoms. The lowest BCUT2D eigenvalue weighted by atomic mass is 10.8. The molecule has 0 rings (SSSR count). The zero-order chi connectivity index (χ0) is 5.86. The Morgan fingerprint density at radius 1 is 2.00 bits per heavy atom. The summed E-state index contributed by atoms with van der Waals surface area (Å²) in [5.74, 6) is 0. The van der Waals surface area contributed by atoms with Gasteiger partial charge >= 0.3 is 6.09 Å². The smallest absolute Gasteiger partial charge is 0.406 e. The van der Waals surface area contributed by atoms with Crippen molar-refractivity contribution in [3.63, 3.8) is 0 Å². The summed E-state index contributed by atoms with van der Waals surface area (Å²) in [6.45, 7) is 1.30. The fourth-order valence-corrected chi connectivity index (χ4v) is 0.168. The van der Waals surface area contributed by atoms with E-state index in [2.05, 4.69) is 10.5 Å². The second-order valence-corrected chi connectivity index (χ2v) is 1.04. The van der Waals surface area contributed by atoms with Crippen LogP contribution >= 0.6 is 0 Å². The van der Waals surface area contributed by atoms with Gasteiger partial charge in [0.2, 0.25) is 0 Å². The number of carbonyl (C=O) groups excluding carboxylic acids is 1. The molecule has 1 amide bonds. The molecule has 1 unspecified atom stereocenters. The largest absolute Gasteiger partial charge is 0.420 e. The number of aliphatic hydroxyl groups excluding tert-OH is 1. The fraction of sp³-hybridized carbons (Fsp3) is 0.667. The number of amides is 1. The Morgan fingerprint density at radius 3 is 2.43 bits per heavy atom. The third-order valence-electron chi connectivity index (χ3n) is 0.287. The van der Waals surface area contributed by atoms with Crippen molar-refractivity contribution in [1.82, 2.24) is 0 Å². The van der Waals surface area contributed by atoms with E-state index in [0.717, 1.165) is 0 Å². The van der Waals surface area contributed by atoms with Gasteiger partial charge in [-0.15, -0.1) is 0 Å². The zero-order valence-electron chi connectivity index (χ0n) is 3.92. The first-order valence-corrected chi connectivity index (χ1v) is 1.77. The zero-order valence-corrected chi connectivity index (χ0v) is 3.92. The van der Waals surface area contributed by atoms with Gasteiger partial charge in [-0.1, -0.05) is 0 Å². The predicted molar refractivity (Wildman–Crippen MR) is 22.3 cm³/mol. The molecule has 0 aromatic heterocycles. The third-order valence-corrected chi connectivity index (χ3v) is 0.287. The van der Waals surface area contributed by atoms with E-state index >= 15 is 0 Å². The van der Waals surface area contributed by atoms with Crippen LogP contribution in [0.3, 0.4) is 0 Å². The molecule has 1 atom stereocenters. The average molecular weight is 105 g/mol. The molecule has 0 saturated carbocycles. The molecular formula is C3H7NO3. The van der Waals surface area contributed by atoms with E-state index in [0.29, 0.717) is 0 Å². The lowest BCUT2D eigenvalue weighted by Gasteiger charge is -2.00. The maximum Gasteiger partial charge on any atom is 0.406 e. The molecule has 0 heterocycles. The van der Waals surface area contributed by atoms with E-state index in [4.69, 9.17) is 5.11 Å². The molecule has 0 saturated heterocycles. The molecule has 4 heteroatoms. The number of carbonyl (C=O) groups is 1. The number of nitrogens with two attached hydrogens (primary N) is 1. The predicted octanol–water partition coefficient (Wildman–Crippen LogP) is -0.580. The van der Waals surface area contributed by atoms with Crippen molar-refractivity contribution >= 4 is 6.09 Å². The van der Waals surface area contributed by atoms with Gasteiger partial charge in [0.05, 0.1) is 0 Å². The number of hydrogen-bond acceptors (Lipinski definition) is 3. The number of primary amides is 1. The molecule has 0 fully saturated rings. The van der Waals surface area contributed by atoms with Crippen LogP contribution in [0.1, 0.15) is 6.92 Å². The lowest BCUT2D eigenvalue weighted by molar-refractivity contribution is -0.0334. The van der Waals surface area contributed by atoms with Crippen molar-refractivity contribution in [2.45, 2.75) is 13.2 Å². The van der Waals surface area contributed by atoms with E-state index in [1.165, 1.54) is 6.92 Å². The highest BCUT2D eigenvalue weighted by atomic mass is 16.6. The summed E-state index contributed by atoms with van der Waals surface area (Å²) in [5.41, 5.74) is 4.47. The maximum absolute atomic E-state index is 9.65. The van der Waals surface area contributed by atoms with Gasteiger partial charge in [0.1, 0.15) is 0 Å². The van der Waals surface area contributed by atoms with Crippen molar-refractivity contribution < 1.29 is 14.6 Å². The summed E-state index contributed by atoms with van der Waals surface area (Å²) in [5, 5.41) is 8.20. The summed E-state index contributed by atoms with van der Waals surface area (Å²) in [4.78, 5) is 9.65. The molecule has 42 valence electrons. The van der Waals surface area contributed by atoms with Gasteiger partial charge in [-0.25, -0.2) is 4.79 Å². The molecule has 0 bridgehead atoms. The Kier molecular flexibility index (Phi) is 2.15. The summed E-state index contributed by atoms with van der Waals surface area (Å²) in [6, 6.07) is 0. The van der Waals surface area contributed by atoms with Crippen molar-refractivity contribution in [1.29, 1.82) is 0 Å². The van der Waals surface area contributed by atoms with E-state index in [1.54, 1.807) is 0 Å². The Balaban J connectivity index is 3.13. The minimum Gasteiger partial charge on any atom is -0.420 e. The van der Waals surface area contributed by atoms with Crippen LogP contribution in [0, 0.1) is 0 Å². The van der Waals surface area contributed by atoms with Crippen LogP contribution in [-0.4, -0.2) is 17.5 Å². The van der Waals surface area contributed by atoms with Gasteiger partial charge in [0.15, 0.2) is 6.29 Å². The second kappa shape index (κ2) is 2.41. The highest BCUT2D eigenvalue weighted by Gasteiger charge is 1.96. The van der Waals surface area contributed by atoms with Gasteiger partial charge in [0, 0.05) is 0 Å². The van der Waals surface area contributed by atoms with E-state index in [-0.39, 0.29) is 0 Å². The van der Waals surface area contributed by atoms with Crippen LogP contribution in [0.5, 0.6) is 0 Å². The number of ether oxygens (including phenoxy) is 1. The van der Waals surface area contributed by atoms with Crippen LogP contribution in [-0.2, 0) is 4.74 Å². The molecule has 0 aromatic rings. The summed E-state index contributed by atoms with van der Waals surface area (Å²) >= 11 is 0. The molecular weight excluding hydrogens is 98.0 g/mol. The molecule has 0 aliphatic rings.